The molecule has 11 heteroatoms. The first kappa shape index (κ1) is 25.2. The largest absolute Gasteiger partial charge is 0.508 e. The van der Waals surface area contributed by atoms with E-state index < -0.39 is 52.1 Å². The number of fused-ring (bicyclic) bond motifs is 3. The second-order valence-electron chi connectivity index (χ2n) is 9.81. The SMILES string of the molecule is COCCN1CCN([C@H]2C(=O)C(C(N)=O)=C(O)[C@@]3(O)C(=O)c4c(cc5cccc(O)c5c4O)C[C@@H]23)CC1. The number of nitrogens with two attached hydrogens (primary N) is 1. The van der Waals surface area contributed by atoms with Crippen LogP contribution >= 0.6 is 0 Å². The fraction of sp³-hybridized carbons (Fsp3) is 0.423. The minimum absolute atomic E-state index is 0.0193. The Balaban J connectivity index is 1.63. The van der Waals surface area contributed by atoms with Gasteiger partial charge < -0.3 is 30.9 Å². The van der Waals surface area contributed by atoms with Crippen molar-refractivity contribution in [3.05, 3.63) is 46.7 Å². The molecule has 1 saturated heterocycles. The number of aliphatic hydroxyl groups excluding tert-OH is 1. The van der Waals surface area contributed by atoms with Gasteiger partial charge in [0, 0.05) is 45.8 Å². The number of rotatable bonds is 5. The van der Waals surface area contributed by atoms with Crippen LogP contribution in [0.15, 0.2) is 35.6 Å². The number of nitrogens with zero attached hydrogens (tertiary/aromatic N) is 2. The Morgan fingerprint density at radius 1 is 1.16 bits per heavy atom. The van der Waals surface area contributed by atoms with E-state index in [4.69, 9.17) is 10.5 Å². The standard InChI is InChI=1S/C26H29N3O8/c1-37-10-9-28-5-7-29(8-6-28)20-15-12-14-11-13-3-2-4-16(30)17(13)21(31)18(14)23(33)26(15,36)24(34)19(22(20)32)25(27)35/h2-4,11,15,20,30-31,34,36H,5-10,12H2,1H3,(H2,27,35)/t15-,20+,26-/m0/s1. The highest BCUT2D eigenvalue weighted by Gasteiger charge is 2.62. The zero-order valence-electron chi connectivity index (χ0n) is 20.3. The van der Waals surface area contributed by atoms with Gasteiger partial charge in [-0.25, -0.2) is 0 Å². The lowest BCUT2D eigenvalue weighted by Crippen LogP contribution is -2.67. The van der Waals surface area contributed by atoms with Crippen LogP contribution in [-0.4, -0.2) is 106 Å². The van der Waals surface area contributed by atoms with Gasteiger partial charge in [0.1, 0.15) is 22.8 Å². The first-order valence-corrected chi connectivity index (χ1v) is 12.1. The second kappa shape index (κ2) is 9.10. The highest BCUT2D eigenvalue weighted by molar-refractivity contribution is 6.25. The third-order valence-electron chi connectivity index (χ3n) is 7.90. The van der Waals surface area contributed by atoms with Gasteiger partial charge in [-0.1, -0.05) is 18.2 Å². The number of aliphatic hydroxyl groups is 2. The van der Waals surface area contributed by atoms with Gasteiger partial charge >= 0.3 is 0 Å². The first-order valence-electron chi connectivity index (χ1n) is 12.1. The molecule has 3 aliphatic rings. The Hall–Kier alpha value is -3.51. The number of primary amides is 1. The number of carbonyl (C=O) groups excluding carboxylic acids is 3. The molecular weight excluding hydrogens is 482 g/mol. The Kier molecular flexibility index (Phi) is 6.19. The Labute approximate surface area is 212 Å². The van der Waals surface area contributed by atoms with E-state index in [1.807, 2.05) is 4.90 Å². The monoisotopic (exact) mass is 511 g/mol. The number of phenols is 2. The molecule has 5 rings (SSSR count). The number of amides is 1. The van der Waals surface area contributed by atoms with Gasteiger partial charge in [-0.15, -0.1) is 0 Å². The minimum atomic E-state index is -2.67. The topological polar surface area (TPSA) is 174 Å². The summed E-state index contributed by atoms with van der Waals surface area (Å²) in [5.41, 5.74) is 2.04. The summed E-state index contributed by atoms with van der Waals surface area (Å²) in [7, 11) is 1.61. The van der Waals surface area contributed by atoms with Crippen LogP contribution in [-0.2, 0) is 20.7 Å². The number of phenolic OH excluding ortho intramolecular Hbond substituents is 2. The molecule has 2 aromatic carbocycles. The number of aromatic hydroxyl groups is 2. The zero-order valence-corrected chi connectivity index (χ0v) is 20.3. The van der Waals surface area contributed by atoms with Crippen molar-refractivity contribution in [2.75, 3.05) is 46.4 Å². The average molecular weight is 512 g/mol. The Bertz CT molecular complexity index is 1350. The van der Waals surface area contributed by atoms with Crippen molar-refractivity contribution < 1.29 is 39.5 Å². The minimum Gasteiger partial charge on any atom is -0.508 e. The van der Waals surface area contributed by atoms with Gasteiger partial charge in [0.15, 0.2) is 11.4 Å². The molecule has 0 spiro atoms. The Morgan fingerprint density at radius 2 is 1.86 bits per heavy atom. The molecule has 2 aliphatic carbocycles. The molecule has 3 atom stereocenters. The molecule has 0 bridgehead atoms. The molecule has 0 radical (unpaired) electrons. The number of Topliss-reactive ketones (excluding diaryl/α,β-unsaturated/α-hetero) is 2. The highest BCUT2D eigenvalue weighted by atomic mass is 16.5. The summed E-state index contributed by atoms with van der Waals surface area (Å²) in [6.07, 6.45) is -0.0485. The van der Waals surface area contributed by atoms with Crippen LogP contribution in [0.1, 0.15) is 15.9 Å². The molecule has 37 heavy (non-hydrogen) atoms. The number of benzene rings is 2. The van der Waals surface area contributed by atoms with E-state index in [0.717, 1.165) is 0 Å². The normalized spacial score (nSPS) is 26.9. The van der Waals surface area contributed by atoms with Crippen LogP contribution in [0.2, 0.25) is 0 Å². The third-order valence-corrected chi connectivity index (χ3v) is 7.90. The number of methoxy groups -OCH3 is 1. The molecular formula is C26H29N3O8. The summed E-state index contributed by atoms with van der Waals surface area (Å²) >= 11 is 0. The number of carbonyl (C=O) groups is 3. The van der Waals surface area contributed by atoms with E-state index in [9.17, 15) is 34.8 Å². The summed E-state index contributed by atoms with van der Waals surface area (Å²) < 4.78 is 5.13. The number of ether oxygens (including phenoxy) is 1. The summed E-state index contributed by atoms with van der Waals surface area (Å²) in [5.74, 6) is -6.11. The fourth-order valence-electron chi connectivity index (χ4n) is 6.04. The van der Waals surface area contributed by atoms with Crippen molar-refractivity contribution in [1.82, 2.24) is 9.80 Å². The number of piperazine rings is 1. The van der Waals surface area contributed by atoms with E-state index in [1.165, 1.54) is 6.07 Å². The van der Waals surface area contributed by atoms with Crippen molar-refractivity contribution in [3.63, 3.8) is 0 Å². The van der Waals surface area contributed by atoms with Crippen LogP contribution < -0.4 is 5.73 Å². The first-order chi connectivity index (χ1) is 17.6. The van der Waals surface area contributed by atoms with Gasteiger partial charge in [0.05, 0.1) is 23.6 Å². The van der Waals surface area contributed by atoms with E-state index >= 15 is 0 Å². The average Bonchev–Trinajstić information content (AvgIpc) is 2.85. The van der Waals surface area contributed by atoms with Crippen molar-refractivity contribution in [3.8, 4) is 11.5 Å². The summed E-state index contributed by atoms with van der Waals surface area (Å²) in [6, 6.07) is 5.12. The zero-order chi connectivity index (χ0) is 26.6. The van der Waals surface area contributed by atoms with E-state index in [2.05, 4.69) is 4.90 Å². The summed E-state index contributed by atoms with van der Waals surface area (Å²) in [4.78, 5) is 43.6. The van der Waals surface area contributed by atoms with E-state index in [-0.39, 0.29) is 23.1 Å². The van der Waals surface area contributed by atoms with Gasteiger partial charge in [-0.05, 0) is 23.4 Å². The van der Waals surface area contributed by atoms with Crippen LogP contribution in [0.5, 0.6) is 11.5 Å². The van der Waals surface area contributed by atoms with Crippen LogP contribution in [0.3, 0.4) is 0 Å². The predicted molar refractivity (Wildman–Crippen MR) is 131 cm³/mol. The molecule has 6 N–H and O–H groups in total. The van der Waals surface area contributed by atoms with Gasteiger partial charge in [-0.3, -0.25) is 24.2 Å². The molecule has 1 aliphatic heterocycles. The number of ketones is 2. The lowest BCUT2D eigenvalue weighted by Gasteiger charge is -2.50. The highest BCUT2D eigenvalue weighted by Crippen LogP contribution is 2.49. The van der Waals surface area contributed by atoms with Crippen molar-refractivity contribution in [1.29, 1.82) is 0 Å². The van der Waals surface area contributed by atoms with Crippen molar-refractivity contribution in [2.24, 2.45) is 11.7 Å². The lowest BCUT2D eigenvalue weighted by atomic mass is 9.61. The van der Waals surface area contributed by atoms with Gasteiger partial charge in [-0.2, -0.15) is 0 Å². The molecule has 0 saturated carbocycles. The van der Waals surface area contributed by atoms with E-state index in [1.54, 1.807) is 25.3 Å². The van der Waals surface area contributed by atoms with E-state index in [0.29, 0.717) is 50.3 Å². The summed E-state index contributed by atoms with van der Waals surface area (Å²) in [5, 5.41) is 44.6. The molecule has 11 nitrogen and oxygen atoms in total. The molecule has 0 aromatic heterocycles. The van der Waals surface area contributed by atoms with Gasteiger partial charge in [0.2, 0.25) is 5.78 Å². The quantitative estimate of drug-likeness (QED) is 0.340. The molecule has 1 fully saturated rings. The molecule has 1 amide bonds. The fourth-order valence-corrected chi connectivity index (χ4v) is 6.04. The maximum Gasteiger partial charge on any atom is 0.255 e. The maximum absolute atomic E-state index is 13.8. The number of hydrogen-bond donors (Lipinski definition) is 5. The molecule has 1 heterocycles. The molecule has 2 aromatic rings. The van der Waals surface area contributed by atoms with Crippen LogP contribution in [0.4, 0.5) is 0 Å². The smallest absolute Gasteiger partial charge is 0.255 e. The van der Waals surface area contributed by atoms with Crippen LogP contribution in [0, 0.1) is 5.92 Å². The third kappa shape index (κ3) is 3.69. The Morgan fingerprint density at radius 3 is 2.51 bits per heavy atom. The predicted octanol–water partition coefficient (Wildman–Crippen LogP) is -0.150. The van der Waals surface area contributed by atoms with Crippen LogP contribution in [0.25, 0.3) is 10.8 Å². The second-order valence-corrected chi connectivity index (χ2v) is 9.81. The van der Waals surface area contributed by atoms with Gasteiger partial charge in [0.25, 0.3) is 5.91 Å². The molecule has 196 valence electrons. The summed E-state index contributed by atoms with van der Waals surface area (Å²) in [6.45, 7) is 3.26. The van der Waals surface area contributed by atoms with Crippen molar-refractivity contribution in [2.45, 2.75) is 18.1 Å². The van der Waals surface area contributed by atoms with Crippen molar-refractivity contribution >= 4 is 28.2 Å². The molecule has 0 unspecified atom stereocenters. The number of hydrogen-bond acceptors (Lipinski definition) is 10. The maximum atomic E-state index is 13.8. The lowest BCUT2D eigenvalue weighted by molar-refractivity contribution is -0.134.